The standard InChI is InChI=1S/C26H28N2O2/c1-29-25-13-7-8-14-26(25)30-18-17-28(20-21-9-3-2-4-10-21)16-15-22-19-27-24-12-6-5-11-23(22)24/h2-14,19,27H,15-18,20H2,1H3. The lowest BCUT2D eigenvalue weighted by Crippen LogP contribution is -2.30. The van der Waals surface area contributed by atoms with E-state index in [1.807, 2.05) is 24.3 Å². The normalized spacial score (nSPS) is 11.1. The zero-order valence-corrected chi connectivity index (χ0v) is 17.4. The van der Waals surface area contributed by atoms with E-state index in [-0.39, 0.29) is 0 Å². The van der Waals surface area contributed by atoms with Crippen molar-refractivity contribution in [2.24, 2.45) is 0 Å². The molecule has 0 aliphatic carbocycles. The van der Waals surface area contributed by atoms with Crippen LogP contribution < -0.4 is 9.47 Å². The molecule has 30 heavy (non-hydrogen) atoms. The second kappa shape index (κ2) is 9.99. The first-order valence-corrected chi connectivity index (χ1v) is 10.4. The third kappa shape index (κ3) is 5.02. The summed E-state index contributed by atoms with van der Waals surface area (Å²) in [5.74, 6) is 1.56. The summed E-state index contributed by atoms with van der Waals surface area (Å²) in [6.45, 7) is 3.32. The van der Waals surface area contributed by atoms with Gasteiger partial charge in [0.1, 0.15) is 6.61 Å². The van der Waals surface area contributed by atoms with Crippen LogP contribution in [-0.4, -0.2) is 36.7 Å². The number of hydrogen-bond donors (Lipinski definition) is 1. The number of methoxy groups -OCH3 is 1. The SMILES string of the molecule is COc1ccccc1OCCN(CCc1c[nH]c2ccccc12)Cc1ccccc1. The zero-order chi connectivity index (χ0) is 20.6. The average molecular weight is 401 g/mol. The molecule has 0 aliphatic heterocycles. The van der Waals surface area contributed by atoms with Gasteiger partial charge in [-0.25, -0.2) is 0 Å². The molecule has 0 bridgehead atoms. The fourth-order valence-corrected chi connectivity index (χ4v) is 3.75. The molecular formula is C26H28N2O2. The summed E-state index contributed by atoms with van der Waals surface area (Å²) in [7, 11) is 1.67. The van der Waals surface area contributed by atoms with Crippen LogP contribution in [0, 0.1) is 0 Å². The first-order valence-electron chi connectivity index (χ1n) is 10.4. The number of hydrogen-bond acceptors (Lipinski definition) is 3. The predicted molar refractivity (Wildman–Crippen MR) is 122 cm³/mol. The number of rotatable bonds is 10. The Balaban J connectivity index is 1.41. The molecule has 4 rings (SSSR count). The predicted octanol–water partition coefficient (Wildman–Crippen LogP) is 5.30. The monoisotopic (exact) mass is 400 g/mol. The quantitative estimate of drug-likeness (QED) is 0.392. The Labute approximate surface area is 178 Å². The van der Waals surface area contributed by atoms with Crippen LogP contribution in [0.5, 0.6) is 11.5 Å². The highest BCUT2D eigenvalue weighted by Gasteiger charge is 2.10. The summed E-state index contributed by atoms with van der Waals surface area (Å²) in [5.41, 5.74) is 3.87. The molecule has 1 aromatic heterocycles. The molecule has 1 heterocycles. The number of benzene rings is 3. The molecule has 4 nitrogen and oxygen atoms in total. The van der Waals surface area contributed by atoms with Gasteiger partial charge in [-0.2, -0.15) is 0 Å². The maximum atomic E-state index is 6.03. The van der Waals surface area contributed by atoms with E-state index in [4.69, 9.17) is 9.47 Å². The van der Waals surface area contributed by atoms with Gasteiger partial charge < -0.3 is 14.5 Å². The number of aromatic amines is 1. The van der Waals surface area contributed by atoms with Crippen LogP contribution in [0.2, 0.25) is 0 Å². The Hall–Kier alpha value is -3.24. The fraction of sp³-hybridized carbons (Fsp3) is 0.231. The van der Waals surface area contributed by atoms with Crippen molar-refractivity contribution in [3.8, 4) is 11.5 Å². The van der Waals surface area contributed by atoms with Crippen LogP contribution in [0.3, 0.4) is 0 Å². The molecule has 4 aromatic rings. The topological polar surface area (TPSA) is 37.5 Å². The van der Waals surface area contributed by atoms with Crippen molar-refractivity contribution in [1.82, 2.24) is 9.88 Å². The van der Waals surface area contributed by atoms with Gasteiger partial charge in [0.05, 0.1) is 7.11 Å². The van der Waals surface area contributed by atoms with E-state index in [1.54, 1.807) is 7.11 Å². The van der Waals surface area contributed by atoms with Crippen molar-refractivity contribution in [2.75, 3.05) is 26.8 Å². The van der Waals surface area contributed by atoms with Gasteiger partial charge >= 0.3 is 0 Å². The number of para-hydroxylation sites is 3. The lowest BCUT2D eigenvalue weighted by atomic mass is 10.1. The molecule has 154 valence electrons. The van der Waals surface area contributed by atoms with Gasteiger partial charge in [-0.3, -0.25) is 4.90 Å². The van der Waals surface area contributed by atoms with Crippen LogP contribution >= 0.6 is 0 Å². The third-order valence-electron chi connectivity index (χ3n) is 5.36. The van der Waals surface area contributed by atoms with Gasteiger partial charge in [0, 0.05) is 36.7 Å². The van der Waals surface area contributed by atoms with Crippen LogP contribution in [-0.2, 0) is 13.0 Å². The van der Waals surface area contributed by atoms with Crippen molar-refractivity contribution in [1.29, 1.82) is 0 Å². The first kappa shape index (κ1) is 20.0. The number of nitrogens with one attached hydrogen (secondary N) is 1. The Morgan fingerprint density at radius 3 is 2.37 bits per heavy atom. The molecule has 4 heteroatoms. The molecule has 0 saturated heterocycles. The van der Waals surface area contributed by atoms with Gasteiger partial charge in [0.25, 0.3) is 0 Å². The van der Waals surface area contributed by atoms with Crippen molar-refractivity contribution >= 4 is 10.9 Å². The molecule has 0 atom stereocenters. The van der Waals surface area contributed by atoms with Gasteiger partial charge in [0.2, 0.25) is 0 Å². The Morgan fingerprint density at radius 1 is 0.800 bits per heavy atom. The highest BCUT2D eigenvalue weighted by atomic mass is 16.5. The molecule has 0 fully saturated rings. The van der Waals surface area contributed by atoms with E-state index in [1.165, 1.54) is 22.0 Å². The summed E-state index contributed by atoms with van der Waals surface area (Å²) < 4.78 is 11.4. The molecule has 3 aromatic carbocycles. The lowest BCUT2D eigenvalue weighted by Gasteiger charge is -2.23. The van der Waals surface area contributed by atoms with Crippen molar-refractivity contribution in [3.05, 3.63) is 96.2 Å². The summed E-state index contributed by atoms with van der Waals surface area (Å²) in [6.07, 6.45) is 3.13. The highest BCUT2D eigenvalue weighted by Crippen LogP contribution is 2.25. The molecule has 0 amide bonds. The van der Waals surface area contributed by atoms with Crippen LogP contribution in [0.15, 0.2) is 85.1 Å². The maximum absolute atomic E-state index is 6.03. The Bertz CT molecular complexity index is 1060. The van der Waals surface area contributed by atoms with E-state index in [0.29, 0.717) is 6.61 Å². The smallest absolute Gasteiger partial charge is 0.161 e. The second-order valence-electron chi connectivity index (χ2n) is 7.37. The summed E-state index contributed by atoms with van der Waals surface area (Å²) in [4.78, 5) is 5.83. The minimum Gasteiger partial charge on any atom is -0.493 e. The third-order valence-corrected chi connectivity index (χ3v) is 5.36. The van der Waals surface area contributed by atoms with Gasteiger partial charge in [-0.05, 0) is 35.7 Å². The molecule has 0 saturated carbocycles. The van der Waals surface area contributed by atoms with Crippen molar-refractivity contribution in [2.45, 2.75) is 13.0 Å². The van der Waals surface area contributed by atoms with Gasteiger partial charge in [0.15, 0.2) is 11.5 Å². The average Bonchev–Trinajstić information content (AvgIpc) is 3.21. The summed E-state index contributed by atoms with van der Waals surface area (Å²) in [6, 6.07) is 26.9. The van der Waals surface area contributed by atoms with Gasteiger partial charge in [-0.1, -0.05) is 60.7 Å². The van der Waals surface area contributed by atoms with Gasteiger partial charge in [-0.15, -0.1) is 0 Å². The van der Waals surface area contributed by atoms with E-state index in [2.05, 4.69) is 70.7 Å². The van der Waals surface area contributed by atoms with E-state index in [0.717, 1.165) is 37.6 Å². The molecule has 0 radical (unpaired) electrons. The van der Waals surface area contributed by atoms with Crippen LogP contribution in [0.1, 0.15) is 11.1 Å². The van der Waals surface area contributed by atoms with Crippen molar-refractivity contribution in [3.63, 3.8) is 0 Å². The number of fused-ring (bicyclic) bond motifs is 1. The lowest BCUT2D eigenvalue weighted by molar-refractivity contribution is 0.200. The summed E-state index contributed by atoms with van der Waals surface area (Å²) in [5, 5.41) is 1.31. The zero-order valence-electron chi connectivity index (χ0n) is 17.4. The first-order chi connectivity index (χ1) is 14.8. The second-order valence-corrected chi connectivity index (χ2v) is 7.37. The Morgan fingerprint density at radius 2 is 1.53 bits per heavy atom. The van der Waals surface area contributed by atoms with E-state index >= 15 is 0 Å². The highest BCUT2D eigenvalue weighted by molar-refractivity contribution is 5.83. The molecule has 0 aliphatic rings. The molecule has 0 spiro atoms. The fourth-order valence-electron chi connectivity index (χ4n) is 3.75. The van der Waals surface area contributed by atoms with Crippen LogP contribution in [0.4, 0.5) is 0 Å². The Kier molecular flexibility index (Phi) is 6.68. The number of ether oxygens (including phenoxy) is 2. The number of H-pyrrole nitrogens is 1. The molecule has 0 unspecified atom stereocenters. The largest absolute Gasteiger partial charge is 0.493 e. The van der Waals surface area contributed by atoms with Crippen molar-refractivity contribution < 1.29 is 9.47 Å². The van der Waals surface area contributed by atoms with E-state index < -0.39 is 0 Å². The minimum absolute atomic E-state index is 0.612. The number of nitrogens with zero attached hydrogens (tertiary/aromatic N) is 1. The van der Waals surface area contributed by atoms with Crippen LogP contribution in [0.25, 0.3) is 10.9 Å². The molecular weight excluding hydrogens is 372 g/mol. The van der Waals surface area contributed by atoms with E-state index in [9.17, 15) is 0 Å². The summed E-state index contributed by atoms with van der Waals surface area (Å²) >= 11 is 0. The maximum Gasteiger partial charge on any atom is 0.161 e. The molecule has 1 N–H and O–H groups in total. The number of aromatic nitrogens is 1. The minimum atomic E-state index is 0.612.